The summed E-state index contributed by atoms with van der Waals surface area (Å²) in [5.41, 5.74) is 6.54. The Labute approximate surface area is 456 Å². The van der Waals surface area contributed by atoms with E-state index in [9.17, 15) is 14.4 Å². The molecule has 0 radical (unpaired) electrons. The first-order chi connectivity index (χ1) is 34.9. The van der Waals surface area contributed by atoms with Crippen LogP contribution >= 0.6 is 0 Å². The number of hydrogen-bond donors (Lipinski definition) is 0. The van der Waals surface area contributed by atoms with Gasteiger partial charge < -0.3 is 28.4 Å². The zero-order valence-corrected chi connectivity index (χ0v) is 51.1. The van der Waals surface area contributed by atoms with Gasteiger partial charge in [0.1, 0.15) is 48.8 Å². The molecule has 0 fully saturated rings. The summed E-state index contributed by atoms with van der Waals surface area (Å²) in [6.45, 7) is 45.3. The molecule has 0 amide bonds. The number of benzene rings is 3. The number of carbonyl (C=O) groups is 3. The van der Waals surface area contributed by atoms with Crippen LogP contribution in [-0.4, -0.2) is 55.5 Å². The van der Waals surface area contributed by atoms with Crippen molar-refractivity contribution in [2.45, 2.75) is 279 Å². The van der Waals surface area contributed by atoms with Crippen LogP contribution in [-0.2, 0) is 61.1 Å². The lowest BCUT2D eigenvalue weighted by molar-refractivity contribution is -0.168. The number of rotatable bonds is 32. The summed E-state index contributed by atoms with van der Waals surface area (Å²) in [5, 5.41) is 0. The van der Waals surface area contributed by atoms with Crippen LogP contribution in [0.5, 0.6) is 17.2 Å². The first-order valence-electron chi connectivity index (χ1n) is 28.9. The molecule has 9 nitrogen and oxygen atoms in total. The zero-order chi connectivity index (χ0) is 56.7. The molecule has 3 atom stereocenters. The maximum atomic E-state index is 14.0. The summed E-state index contributed by atoms with van der Waals surface area (Å²) in [5.74, 6) is 0.685. The van der Waals surface area contributed by atoms with Crippen molar-refractivity contribution in [3.05, 3.63) is 88.0 Å². The van der Waals surface area contributed by atoms with Crippen molar-refractivity contribution in [2.24, 2.45) is 0 Å². The normalized spacial score (nSPS) is 14.4. The van der Waals surface area contributed by atoms with Crippen LogP contribution in [0, 0.1) is 0 Å². The predicted molar refractivity (Wildman–Crippen MR) is 309 cm³/mol. The predicted octanol–water partition coefficient (Wildman–Crippen LogP) is 16.9. The van der Waals surface area contributed by atoms with E-state index in [1.54, 1.807) is 0 Å². The molecule has 3 unspecified atom stereocenters. The van der Waals surface area contributed by atoms with Crippen LogP contribution < -0.4 is 14.2 Å². The largest absolute Gasteiger partial charge is 0.490 e. The highest BCUT2D eigenvalue weighted by Gasteiger charge is 2.33. The highest BCUT2D eigenvalue weighted by molar-refractivity contribution is 5.72. The molecule has 0 saturated heterocycles. The summed E-state index contributed by atoms with van der Waals surface area (Å²) >= 11 is 0. The molecule has 0 spiro atoms. The average Bonchev–Trinajstić information content (AvgIpc) is 3.38. The second kappa shape index (κ2) is 27.7. The molecule has 9 heteroatoms. The fourth-order valence-corrected chi connectivity index (χ4v) is 8.68. The summed E-state index contributed by atoms with van der Waals surface area (Å²) in [6.07, 6.45) is 4.75. The molecule has 0 saturated carbocycles. The maximum Gasteiger partial charge on any atom is 0.310 e. The van der Waals surface area contributed by atoms with Crippen LogP contribution in [0.15, 0.2) is 54.6 Å². The van der Waals surface area contributed by atoms with Crippen molar-refractivity contribution >= 4 is 17.9 Å². The van der Waals surface area contributed by atoms with Crippen LogP contribution in [0.1, 0.15) is 256 Å². The quantitative estimate of drug-likeness (QED) is 0.0446. The number of ether oxygens (including phenoxy) is 6. The second-order valence-electron chi connectivity index (χ2n) is 25.1. The van der Waals surface area contributed by atoms with Gasteiger partial charge in [-0.15, -0.1) is 0 Å². The van der Waals surface area contributed by atoms with Gasteiger partial charge in [-0.05, 0) is 125 Å². The van der Waals surface area contributed by atoms with Gasteiger partial charge in [-0.2, -0.15) is 0 Å². The molecule has 3 aromatic rings. The zero-order valence-electron chi connectivity index (χ0n) is 51.1. The van der Waals surface area contributed by atoms with Gasteiger partial charge in [0.2, 0.25) is 0 Å². The van der Waals surface area contributed by atoms with Gasteiger partial charge in [-0.1, -0.05) is 182 Å². The van der Waals surface area contributed by atoms with E-state index in [4.69, 9.17) is 28.4 Å². The molecule has 3 aromatic carbocycles. The lowest BCUT2D eigenvalue weighted by Gasteiger charge is -2.31. The van der Waals surface area contributed by atoms with Gasteiger partial charge in [0.25, 0.3) is 0 Å². The van der Waals surface area contributed by atoms with E-state index in [-0.39, 0.29) is 65.0 Å². The molecule has 3 rings (SSSR count). The average molecular weight is 1040 g/mol. The van der Waals surface area contributed by atoms with Crippen molar-refractivity contribution in [2.75, 3.05) is 13.2 Å². The van der Waals surface area contributed by atoms with Crippen LogP contribution in [0.2, 0.25) is 0 Å². The molecule has 0 aliphatic carbocycles. The van der Waals surface area contributed by atoms with Gasteiger partial charge in [0.15, 0.2) is 6.10 Å². The molecule has 0 N–H and O–H groups in total. The van der Waals surface area contributed by atoms with E-state index < -0.39 is 42.3 Å². The van der Waals surface area contributed by atoms with E-state index in [0.717, 1.165) is 72.5 Å². The third-order valence-corrected chi connectivity index (χ3v) is 17.4. The first-order valence-corrected chi connectivity index (χ1v) is 28.9. The summed E-state index contributed by atoms with van der Waals surface area (Å²) < 4.78 is 37.8. The topological polar surface area (TPSA) is 107 Å². The highest BCUT2D eigenvalue weighted by atomic mass is 16.6. The van der Waals surface area contributed by atoms with Crippen molar-refractivity contribution < 1.29 is 42.8 Å². The molecule has 422 valence electrons. The van der Waals surface area contributed by atoms with Gasteiger partial charge in [-0.3, -0.25) is 14.4 Å². The minimum Gasteiger partial charge on any atom is -0.490 e. The van der Waals surface area contributed by atoms with E-state index >= 15 is 0 Å². The van der Waals surface area contributed by atoms with Gasteiger partial charge in [0, 0.05) is 16.7 Å². The number of esters is 3. The van der Waals surface area contributed by atoms with Crippen LogP contribution in [0.4, 0.5) is 0 Å². The van der Waals surface area contributed by atoms with E-state index in [0.29, 0.717) is 19.3 Å². The summed E-state index contributed by atoms with van der Waals surface area (Å²) in [7, 11) is 0. The van der Waals surface area contributed by atoms with Gasteiger partial charge in [0.05, 0.1) is 19.3 Å². The molecule has 0 bridgehead atoms. The monoisotopic (exact) mass is 1040 g/mol. The highest BCUT2D eigenvalue weighted by Crippen LogP contribution is 2.42. The Balaban J connectivity index is 1.89. The van der Waals surface area contributed by atoms with E-state index in [2.05, 4.69) is 161 Å². The molecular formula is C66H104O9. The maximum absolute atomic E-state index is 14.0. The van der Waals surface area contributed by atoms with Gasteiger partial charge >= 0.3 is 17.9 Å². The lowest BCUT2D eigenvalue weighted by Crippen LogP contribution is -2.34. The number of carbonyl (C=O) groups excluding carboxylic acids is 3. The minimum absolute atomic E-state index is 0.00290. The Hall–Kier alpha value is -4.53. The number of hydrogen-bond acceptors (Lipinski definition) is 9. The lowest BCUT2D eigenvalue weighted by atomic mass is 9.76. The smallest absolute Gasteiger partial charge is 0.310 e. The fourth-order valence-electron chi connectivity index (χ4n) is 8.68. The van der Waals surface area contributed by atoms with Crippen molar-refractivity contribution in [3.63, 3.8) is 0 Å². The van der Waals surface area contributed by atoms with Crippen LogP contribution in [0.25, 0.3) is 0 Å². The van der Waals surface area contributed by atoms with Gasteiger partial charge in [-0.25, -0.2) is 0 Å². The minimum atomic E-state index is -1.08. The van der Waals surface area contributed by atoms with Crippen LogP contribution in [0.3, 0.4) is 0 Å². The third-order valence-electron chi connectivity index (χ3n) is 17.4. The van der Waals surface area contributed by atoms with E-state index in [1.807, 2.05) is 39.0 Å². The standard InChI is InChI=1S/C66H104O9/c1-22-48(72-55-34-31-45(61(10,11)25-4)37-52(55)64(16,17)28-7)40-58(67)70-43-51(75-60(69)42-50(24-3)74-57-36-33-47(63(14,15)27-6)39-54(57)66(20,21)30-9)44-71-59(68)41-49(23-2)73-56-35-32-46(62(12,13)26-5)38-53(56)65(18,19)29-8/h31-39,48-51H,22-30,40-44H2,1-21H3. The molecular weight excluding hydrogens is 937 g/mol. The first kappa shape index (κ1) is 64.8. The molecule has 0 heterocycles. The molecule has 0 aromatic heterocycles. The Morgan fingerprint density at radius 1 is 0.360 bits per heavy atom. The SMILES string of the molecule is CCC(CC(=O)OCC(COC(=O)CC(CC)Oc1ccc(C(C)(C)CC)cc1C(C)(C)CC)OC(=O)CC(CC)Oc1ccc(C(C)(C)CC)cc1C(C)(C)CC)Oc1ccc(C(C)(C)CC)cc1C(C)(C)CC. The molecule has 75 heavy (non-hydrogen) atoms. The Bertz CT molecular complexity index is 2190. The Morgan fingerprint density at radius 2 is 0.613 bits per heavy atom. The summed E-state index contributed by atoms with van der Waals surface area (Å²) in [6, 6.07) is 19.3. The fraction of sp³-hybridized carbons (Fsp3) is 0.682. The van der Waals surface area contributed by atoms with Crippen molar-refractivity contribution in [3.8, 4) is 17.2 Å². The van der Waals surface area contributed by atoms with E-state index in [1.165, 1.54) is 16.7 Å². The Morgan fingerprint density at radius 3 is 0.853 bits per heavy atom. The molecule has 0 aliphatic heterocycles. The second-order valence-corrected chi connectivity index (χ2v) is 25.1. The molecule has 0 aliphatic rings. The van der Waals surface area contributed by atoms with Crippen molar-refractivity contribution in [1.82, 2.24) is 0 Å². The van der Waals surface area contributed by atoms with Crippen molar-refractivity contribution in [1.29, 1.82) is 0 Å². The third kappa shape index (κ3) is 18.0. The Kier molecular flexibility index (Phi) is 23.9. The summed E-state index contributed by atoms with van der Waals surface area (Å²) in [4.78, 5) is 41.5.